The fourth-order valence-corrected chi connectivity index (χ4v) is 4.76. The van der Waals surface area contributed by atoms with Gasteiger partial charge in [-0.15, -0.1) is 0 Å². The minimum Gasteiger partial charge on any atom is -0.497 e. The first kappa shape index (κ1) is 25.5. The molecule has 0 bridgehead atoms. The summed E-state index contributed by atoms with van der Waals surface area (Å²) in [5, 5.41) is 6.46. The fraction of sp³-hybridized carbons (Fsp3) is 0.448. The number of nitrogens with one attached hydrogen (secondary N) is 2. The summed E-state index contributed by atoms with van der Waals surface area (Å²) >= 11 is 0. The molecule has 2 aromatic rings. The first-order valence-corrected chi connectivity index (χ1v) is 12.0. The molecule has 182 valence electrons. The van der Waals surface area contributed by atoms with E-state index in [2.05, 4.69) is 58.2 Å². The maximum Gasteiger partial charge on any atom is 0.224 e. The van der Waals surface area contributed by atoms with Crippen molar-refractivity contribution in [3.8, 4) is 5.75 Å². The predicted molar refractivity (Wildman–Crippen MR) is 139 cm³/mol. The van der Waals surface area contributed by atoms with Gasteiger partial charge in [-0.2, -0.15) is 0 Å². The van der Waals surface area contributed by atoms with Crippen molar-refractivity contribution in [3.63, 3.8) is 0 Å². The maximum absolute atomic E-state index is 13.2. The Kier molecular flexibility index (Phi) is 7.54. The molecule has 0 spiro atoms. The molecule has 1 aliphatic heterocycles. The molecule has 3 rings (SSSR count). The number of anilines is 1. The molecule has 0 aliphatic carbocycles. The summed E-state index contributed by atoms with van der Waals surface area (Å²) in [6.45, 7) is 12.9. The van der Waals surface area contributed by atoms with Gasteiger partial charge in [-0.05, 0) is 67.9 Å². The quantitative estimate of drug-likeness (QED) is 0.377. The number of carbonyl (C=O) groups is 2. The molecule has 0 aromatic heterocycles. The van der Waals surface area contributed by atoms with Crippen LogP contribution in [0.4, 0.5) is 5.69 Å². The van der Waals surface area contributed by atoms with E-state index in [9.17, 15) is 9.59 Å². The van der Waals surface area contributed by atoms with E-state index in [1.165, 1.54) is 5.56 Å². The van der Waals surface area contributed by atoms with Crippen molar-refractivity contribution < 1.29 is 14.3 Å². The number of hydrogen-bond donors (Lipinski definition) is 2. The number of amides is 1. The molecule has 0 fully saturated rings. The minimum atomic E-state index is -0.173. The lowest BCUT2D eigenvalue weighted by Crippen LogP contribution is -2.43. The average Bonchev–Trinajstić information content (AvgIpc) is 2.71. The number of benzene rings is 2. The molecule has 5 heteroatoms. The van der Waals surface area contributed by atoms with Gasteiger partial charge in [0.05, 0.1) is 7.11 Å². The van der Waals surface area contributed by atoms with E-state index >= 15 is 0 Å². The molecule has 34 heavy (non-hydrogen) atoms. The number of ether oxygens (including phenoxy) is 1. The number of methoxy groups -OCH3 is 1. The van der Waals surface area contributed by atoms with Gasteiger partial charge in [0.1, 0.15) is 5.75 Å². The average molecular weight is 463 g/mol. The van der Waals surface area contributed by atoms with Gasteiger partial charge < -0.3 is 15.4 Å². The topological polar surface area (TPSA) is 67.4 Å². The second kappa shape index (κ2) is 10.0. The van der Waals surface area contributed by atoms with E-state index in [0.29, 0.717) is 17.7 Å². The predicted octanol–water partition coefficient (Wildman–Crippen LogP) is 6.24. The van der Waals surface area contributed by atoms with Crippen molar-refractivity contribution in [2.24, 2.45) is 11.3 Å². The fourth-order valence-electron chi connectivity index (χ4n) is 4.76. The zero-order valence-corrected chi connectivity index (χ0v) is 21.5. The van der Waals surface area contributed by atoms with Gasteiger partial charge in [-0.1, -0.05) is 45.9 Å². The summed E-state index contributed by atoms with van der Waals surface area (Å²) in [5.41, 5.74) is 4.11. The standard InChI is InChI=1S/C29H38N2O3/c1-19(17-28(2,3)4)13-27(33)30-22-10-8-9-20(14-22)26(32)16-25-24-15-23(34-7)12-11-21(24)18-29(5,6)31-25/h8-12,14-16,19,31H,13,17-18H2,1-7H3,(H,30,33)/b25-16-. The molecule has 0 saturated heterocycles. The maximum atomic E-state index is 13.2. The summed E-state index contributed by atoms with van der Waals surface area (Å²) in [7, 11) is 1.64. The first-order chi connectivity index (χ1) is 15.8. The van der Waals surface area contributed by atoms with E-state index in [0.717, 1.165) is 29.9 Å². The van der Waals surface area contributed by atoms with Crippen molar-refractivity contribution in [2.45, 2.75) is 66.3 Å². The smallest absolute Gasteiger partial charge is 0.224 e. The third kappa shape index (κ3) is 6.96. The highest BCUT2D eigenvalue weighted by molar-refractivity contribution is 6.09. The third-order valence-corrected chi connectivity index (χ3v) is 5.91. The zero-order valence-electron chi connectivity index (χ0n) is 21.5. The lowest BCUT2D eigenvalue weighted by Gasteiger charge is -2.35. The summed E-state index contributed by atoms with van der Waals surface area (Å²) in [5.74, 6) is 0.888. The van der Waals surface area contributed by atoms with Gasteiger partial charge in [0.2, 0.25) is 5.91 Å². The van der Waals surface area contributed by atoms with Crippen LogP contribution in [0.25, 0.3) is 5.70 Å². The van der Waals surface area contributed by atoms with Crippen molar-refractivity contribution in [1.29, 1.82) is 0 Å². The van der Waals surface area contributed by atoms with E-state index in [-0.39, 0.29) is 28.6 Å². The van der Waals surface area contributed by atoms with Gasteiger partial charge >= 0.3 is 0 Å². The van der Waals surface area contributed by atoms with Gasteiger partial charge in [0, 0.05) is 40.5 Å². The summed E-state index contributed by atoms with van der Waals surface area (Å²) in [4.78, 5) is 25.7. The van der Waals surface area contributed by atoms with Crippen molar-refractivity contribution in [1.82, 2.24) is 5.32 Å². The number of allylic oxidation sites excluding steroid dienone is 1. The SMILES string of the molecule is COc1ccc2c(c1)/C(=C/C(=O)c1cccc(NC(=O)CC(C)CC(C)(C)C)c1)NC(C)(C)C2. The van der Waals surface area contributed by atoms with Crippen molar-refractivity contribution in [3.05, 3.63) is 65.2 Å². The zero-order chi connectivity index (χ0) is 25.1. The van der Waals surface area contributed by atoms with Gasteiger partial charge in [-0.3, -0.25) is 9.59 Å². The Bertz CT molecular complexity index is 1090. The van der Waals surface area contributed by atoms with E-state index in [4.69, 9.17) is 4.74 Å². The van der Waals surface area contributed by atoms with Crippen molar-refractivity contribution in [2.75, 3.05) is 12.4 Å². The second-order valence-electron chi connectivity index (χ2n) is 11.3. The third-order valence-electron chi connectivity index (χ3n) is 5.91. The number of rotatable bonds is 7. The normalized spacial score (nSPS) is 16.9. The summed E-state index contributed by atoms with van der Waals surface area (Å²) in [6.07, 6.45) is 3.93. The van der Waals surface area contributed by atoms with Gasteiger partial charge in [-0.25, -0.2) is 0 Å². The molecule has 1 heterocycles. The number of hydrogen-bond acceptors (Lipinski definition) is 4. The molecular formula is C29H38N2O3. The highest BCUT2D eigenvalue weighted by atomic mass is 16.5. The molecule has 2 N–H and O–H groups in total. The molecular weight excluding hydrogens is 424 g/mol. The molecule has 0 radical (unpaired) electrons. The highest BCUT2D eigenvalue weighted by Crippen LogP contribution is 2.32. The lowest BCUT2D eigenvalue weighted by atomic mass is 9.84. The van der Waals surface area contributed by atoms with Crippen LogP contribution in [0.2, 0.25) is 0 Å². The van der Waals surface area contributed by atoms with Gasteiger partial charge in [0.15, 0.2) is 5.78 Å². The Morgan fingerprint density at radius 3 is 2.59 bits per heavy atom. The second-order valence-corrected chi connectivity index (χ2v) is 11.3. The summed E-state index contributed by atoms with van der Waals surface area (Å²) < 4.78 is 5.40. The van der Waals surface area contributed by atoms with Gasteiger partial charge in [0.25, 0.3) is 0 Å². The Labute approximate surface area is 204 Å². The van der Waals surface area contributed by atoms with Crippen LogP contribution in [-0.4, -0.2) is 24.3 Å². The Morgan fingerprint density at radius 2 is 1.91 bits per heavy atom. The molecule has 1 amide bonds. The Hall–Kier alpha value is -3.08. The van der Waals surface area contributed by atoms with Crippen molar-refractivity contribution >= 4 is 23.1 Å². The number of fused-ring (bicyclic) bond motifs is 1. The number of carbonyl (C=O) groups excluding carboxylic acids is 2. The van der Waals surface area contributed by atoms with Crippen LogP contribution < -0.4 is 15.4 Å². The number of ketones is 1. The first-order valence-electron chi connectivity index (χ1n) is 12.0. The van der Waals surface area contributed by atoms with Crippen LogP contribution in [0.1, 0.15) is 75.9 Å². The van der Waals surface area contributed by atoms with Crippen LogP contribution in [0, 0.1) is 11.3 Å². The van der Waals surface area contributed by atoms with Crippen LogP contribution in [-0.2, 0) is 11.2 Å². The Balaban J connectivity index is 1.78. The molecule has 1 unspecified atom stereocenters. The minimum absolute atomic E-state index is 0.0311. The van der Waals surface area contributed by atoms with Crippen LogP contribution in [0.15, 0.2) is 48.5 Å². The van der Waals surface area contributed by atoms with E-state index in [1.807, 2.05) is 18.2 Å². The Morgan fingerprint density at radius 1 is 1.18 bits per heavy atom. The lowest BCUT2D eigenvalue weighted by molar-refractivity contribution is -0.117. The molecule has 1 aliphatic rings. The highest BCUT2D eigenvalue weighted by Gasteiger charge is 2.28. The van der Waals surface area contributed by atoms with E-state index < -0.39 is 0 Å². The summed E-state index contributed by atoms with van der Waals surface area (Å²) in [6, 6.07) is 13.1. The monoisotopic (exact) mass is 462 g/mol. The van der Waals surface area contributed by atoms with Crippen LogP contribution >= 0.6 is 0 Å². The molecule has 0 saturated carbocycles. The van der Waals surface area contributed by atoms with E-state index in [1.54, 1.807) is 31.4 Å². The van der Waals surface area contributed by atoms with Crippen LogP contribution in [0.5, 0.6) is 5.75 Å². The largest absolute Gasteiger partial charge is 0.497 e. The molecule has 1 atom stereocenters. The molecule has 2 aromatic carbocycles. The van der Waals surface area contributed by atoms with Crippen LogP contribution in [0.3, 0.4) is 0 Å². The molecule has 5 nitrogen and oxygen atoms in total.